The van der Waals surface area contributed by atoms with Gasteiger partial charge in [-0.1, -0.05) is 6.08 Å². The summed E-state index contributed by atoms with van der Waals surface area (Å²) in [5.74, 6) is -0.122. The molecule has 9 heavy (non-hydrogen) atoms. The molecule has 0 rings (SSSR count). The number of hydrogen-bond acceptors (Lipinski definition) is 3. The summed E-state index contributed by atoms with van der Waals surface area (Å²) >= 11 is 0. The van der Waals surface area contributed by atoms with Gasteiger partial charge in [0.2, 0.25) is 0 Å². The van der Waals surface area contributed by atoms with Crippen molar-refractivity contribution < 1.29 is 12.6 Å². The van der Waals surface area contributed by atoms with Gasteiger partial charge in [-0.05, 0) is 0 Å². The first-order valence-electron chi connectivity index (χ1n) is 2.01. The minimum atomic E-state index is -3.29. The molecule has 0 saturated carbocycles. The van der Waals surface area contributed by atoms with Gasteiger partial charge in [-0.25, -0.2) is 0 Å². The van der Waals surface area contributed by atoms with E-state index in [1.165, 1.54) is 6.08 Å². The van der Waals surface area contributed by atoms with E-state index in [9.17, 15) is 8.42 Å². The van der Waals surface area contributed by atoms with Crippen LogP contribution in [0.3, 0.4) is 0 Å². The third kappa shape index (κ3) is 6.54. The fraction of sp³-hybridized carbons (Fsp3) is 0.500. The van der Waals surface area contributed by atoms with E-state index in [-0.39, 0.29) is 35.3 Å². The molecule has 49 valence electrons. The Morgan fingerprint density at radius 3 is 2.22 bits per heavy atom. The van der Waals surface area contributed by atoms with Crippen LogP contribution in [0.15, 0.2) is 12.7 Å². The van der Waals surface area contributed by atoms with Gasteiger partial charge in [0.15, 0.2) is 0 Å². The molecule has 0 heterocycles. The standard InChI is InChI=1S/C4H8O3S.Na/c1-3-4-8(5,6)7-2;/h3H,1,4H2,2H3;. The third-order valence-corrected chi connectivity index (χ3v) is 1.73. The number of rotatable bonds is 3. The molecule has 0 aromatic heterocycles. The zero-order valence-corrected chi connectivity index (χ0v) is 8.44. The van der Waals surface area contributed by atoms with Gasteiger partial charge in [0.1, 0.15) is 0 Å². The van der Waals surface area contributed by atoms with Crippen LogP contribution >= 0.6 is 0 Å². The molecular formula is C4H8NaO3S. The molecule has 1 radical (unpaired) electrons. The van der Waals surface area contributed by atoms with Crippen LogP contribution in [0, 0.1) is 0 Å². The molecule has 0 aliphatic heterocycles. The van der Waals surface area contributed by atoms with Gasteiger partial charge in [0, 0.05) is 29.6 Å². The largest absolute Gasteiger partial charge is 0.273 e. The van der Waals surface area contributed by atoms with Crippen LogP contribution in [0.4, 0.5) is 0 Å². The summed E-state index contributed by atoms with van der Waals surface area (Å²) < 4.78 is 24.7. The second-order valence-electron chi connectivity index (χ2n) is 1.18. The van der Waals surface area contributed by atoms with Crippen LogP contribution in [0.25, 0.3) is 0 Å². The SMILES string of the molecule is C=CCS(=O)(=O)OC.[Na]. The summed E-state index contributed by atoms with van der Waals surface area (Å²) in [6.07, 6.45) is 1.28. The van der Waals surface area contributed by atoms with Crippen LogP contribution in [0.2, 0.25) is 0 Å². The van der Waals surface area contributed by atoms with E-state index in [0.717, 1.165) is 7.11 Å². The minimum Gasteiger partial charge on any atom is -0.273 e. The molecule has 0 aliphatic rings. The zero-order chi connectivity index (χ0) is 6.62. The first kappa shape index (κ1) is 12.3. The van der Waals surface area contributed by atoms with Gasteiger partial charge in [-0.2, -0.15) is 8.42 Å². The Labute approximate surface area is 77.5 Å². The van der Waals surface area contributed by atoms with E-state index in [1.54, 1.807) is 0 Å². The van der Waals surface area contributed by atoms with Crippen molar-refractivity contribution in [2.45, 2.75) is 0 Å². The molecule has 0 unspecified atom stereocenters. The van der Waals surface area contributed by atoms with Gasteiger partial charge in [0.25, 0.3) is 10.1 Å². The van der Waals surface area contributed by atoms with E-state index in [0.29, 0.717) is 0 Å². The summed E-state index contributed by atoms with van der Waals surface area (Å²) in [5, 5.41) is 0. The smallest absolute Gasteiger partial charge is 0.270 e. The molecular weight excluding hydrogens is 151 g/mol. The molecule has 0 aliphatic carbocycles. The van der Waals surface area contributed by atoms with Crippen LogP contribution in [-0.2, 0) is 14.3 Å². The first-order chi connectivity index (χ1) is 3.62. The molecule has 0 amide bonds. The normalized spacial score (nSPS) is 9.89. The van der Waals surface area contributed by atoms with Crippen molar-refractivity contribution >= 4 is 39.7 Å². The Bertz CT molecular complexity index is 161. The van der Waals surface area contributed by atoms with Crippen LogP contribution in [0.1, 0.15) is 0 Å². The van der Waals surface area contributed by atoms with Gasteiger partial charge in [-0.3, -0.25) is 4.18 Å². The van der Waals surface area contributed by atoms with Gasteiger partial charge < -0.3 is 0 Å². The summed E-state index contributed by atoms with van der Waals surface area (Å²) in [6, 6.07) is 0. The molecule has 0 spiro atoms. The molecule has 0 aromatic rings. The van der Waals surface area contributed by atoms with E-state index >= 15 is 0 Å². The maximum absolute atomic E-state index is 10.3. The van der Waals surface area contributed by atoms with E-state index in [2.05, 4.69) is 10.8 Å². The summed E-state index contributed by atoms with van der Waals surface area (Å²) in [5.41, 5.74) is 0. The van der Waals surface area contributed by atoms with Crippen molar-refractivity contribution in [2.75, 3.05) is 12.9 Å². The average Bonchev–Trinajstić information content (AvgIpc) is 1.67. The van der Waals surface area contributed by atoms with Gasteiger partial charge in [0.05, 0.1) is 12.9 Å². The Morgan fingerprint density at radius 2 is 2.11 bits per heavy atom. The molecule has 0 N–H and O–H groups in total. The van der Waals surface area contributed by atoms with E-state index < -0.39 is 10.1 Å². The minimum absolute atomic E-state index is 0. The van der Waals surface area contributed by atoms with Crippen molar-refractivity contribution in [1.82, 2.24) is 0 Å². The number of hydrogen-bond donors (Lipinski definition) is 0. The topological polar surface area (TPSA) is 43.4 Å². The Morgan fingerprint density at radius 1 is 1.67 bits per heavy atom. The third-order valence-electron chi connectivity index (χ3n) is 0.576. The fourth-order valence-corrected chi connectivity index (χ4v) is 0.637. The van der Waals surface area contributed by atoms with E-state index in [1.807, 2.05) is 0 Å². The van der Waals surface area contributed by atoms with Gasteiger partial charge >= 0.3 is 0 Å². The quantitative estimate of drug-likeness (QED) is 0.324. The maximum Gasteiger partial charge on any atom is 0.270 e. The summed E-state index contributed by atoms with van der Waals surface area (Å²) in [6.45, 7) is 3.23. The molecule has 3 nitrogen and oxygen atoms in total. The molecule has 5 heteroatoms. The van der Waals surface area contributed by atoms with Crippen molar-refractivity contribution in [3.05, 3.63) is 12.7 Å². The molecule has 0 bridgehead atoms. The van der Waals surface area contributed by atoms with Crippen LogP contribution < -0.4 is 0 Å². The fourth-order valence-electron chi connectivity index (χ4n) is 0.212. The van der Waals surface area contributed by atoms with Crippen LogP contribution in [-0.4, -0.2) is 50.8 Å². The first-order valence-corrected chi connectivity index (χ1v) is 3.59. The summed E-state index contributed by atoms with van der Waals surface area (Å²) in [4.78, 5) is 0. The maximum atomic E-state index is 10.3. The average molecular weight is 159 g/mol. The Hall–Kier alpha value is 0.650. The molecule has 0 fully saturated rings. The Balaban J connectivity index is 0. The van der Waals surface area contributed by atoms with E-state index in [4.69, 9.17) is 0 Å². The molecule has 0 atom stereocenters. The van der Waals surface area contributed by atoms with Gasteiger partial charge in [-0.15, -0.1) is 6.58 Å². The van der Waals surface area contributed by atoms with Crippen molar-refractivity contribution in [3.63, 3.8) is 0 Å². The molecule has 0 aromatic carbocycles. The second-order valence-corrected chi connectivity index (χ2v) is 2.96. The second kappa shape index (κ2) is 5.44. The molecule has 0 saturated heterocycles. The zero-order valence-electron chi connectivity index (χ0n) is 5.62. The Kier molecular flexibility index (Phi) is 7.45. The summed E-state index contributed by atoms with van der Waals surface area (Å²) in [7, 11) is -2.16. The van der Waals surface area contributed by atoms with Crippen molar-refractivity contribution in [2.24, 2.45) is 0 Å². The predicted octanol–water partition coefficient (Wildman–Crippen LogP) is -0.232. The predicted molar refractivity (Wildman–Crippen MR) is 36.7 cm³/mol. The van der Waals surface area contributed by atoms with Crippen molar-refractivity contribution in [3.8, 4) is 0 Å². The van der Waals surface area contributed by atoms with Crippen LogP contribution in [0.5, 0.6) is 0 Å². The monoisotopic (exact) mass is 159 g/mol. The van der Waals surface area contributed by atoms with Crippen molar-refractivity contribution in [1.29, 1.82) is 0 Å².